The zero-order valence-electron chi connectivity index (χ0n) is 19.0. The van der Waals surface area contributed by atoms with E-state index in [1.165, 1.54) is 6.33 Å². The molecule has 0 radical (unpaired) electrons. The fourth-order valence-corrected chi connectivity index (χ4v) is 4.91. The Morgan fingerprint density at radius 2 is 2.12 bits per heavy atom. The Balaban J connectivity index is 1.25. The maximum absolute atomic E-state index is 12.8. The van der Waals surface area contributed by atoms with Crippen LogP contribution in [-0.2, 0) is 22.5 Å². The van der Waals surface area contributed by atoms with Gasteiger partial charge in [0, 0.05) is 51.8 Å². The van der Waals surface area contributed by atoms with Crippen LogP contribution in [0.4, 0.5) is 5.69 Å². The van der Waals surface area contributed by atoms with Gasteiger partial charge in [-0.2, -0.15) is 5.26 Å². The number of aromatic amines is 1. The molecule has 2 aromatic heterocycles. The molecule has 1 atom stereocenters. The molecule has 1 amide bonds. The van der Waals surface area contributed by atoms with Crippen LogP contribution in [0, 0.1) is 17.2 Å². The third-order valence-corrected chi connectivity index (χ3v) is 6.92. The van der Waals surface area contributed by atoms with Crippen molar-refractivity contribution in [1.82, 2.24) is 19.9 Å². The van der Waals surface area contributed by atoms with Crippen LogP contribution < -0.4 is 15.2 Å². The quantitative estimate of drug-likeness (QED) is 0.704. The van der Waals surface area contributed by atoms with E-state index in [0.717, 1.165) is 49.4 Å². The van der Waals surface area contributed by atoms with Crippen LogP contribution in [0.3, 0.4) is 0 Å². The van der Waals surface area contributed by atoms with Crippen molar-refractivity contribution < 1.29 is 14.3 Å². The number of rotatable bonds is 5. The lowest BCUT2D eigenvalue weighted by Crippen LogP contribution is -2.34. The summed E-state index contributed by atoms with van der Waals surface area (Å²) in [6, 6.07) is 3.54. The fourth-order valence-electron chi connectivity index (χ4n) is 4.91. The summed E-state index contributed by atoms with van der Waals surface area (Å²) >= 11 is 0. The number of nitrogens with one attached hydrogen (secondary N) is 1. The highest BCUT2D eigenvalue weighted by atomic mass is 16.5. The number of anilines is 1. The molecular formula is C24H28N6O4. The van der Waals surface area contributed by atoms with Gasteiger partial charge in [-0.05, 0) is 24.8 Å². The Morgan fingerprint density at radius 1 is 1.26 bits per heavy atom. The van der Waals surface area contributed by atoms with E-state index in [2.05, 4.69) is 19.9 Å². The summed E-state index contributed by atoms with van der Waals surface area (Å²) in [5, 5.41) is 9.19. The Kier molecular flexibility index (Phi) is 6.45. The Morgan fingerprint density at radius 3 is 2.94 bits per heavy atom. The molecule has 178 valence electrons. The number of hydrogen-bond donors (Lipinski definition) is 1. The predicted octanol–water partition coefficient (Wildman–Crippen LogP) is 1.40. The first-order valence-electron chi connectivity index (χ1n) is 11.8. The van der Waals surface area contributed by atoms with Gasteiger partial charge >= 0.3 is 0 Å². The van der Waals surface area contributed by atoms with Crippen molar-refractivity contribution in [1.29, 1.82) is 5.26 Å². The summed E-state index contributed by atoms with van der Waals surface area (Å²) in [6.45, 7) is 3.98. The van der Waals surface area contributed by atoms with Crippen LogP contribution in [0.5, 0.6) is 5.88 Å². The smallest absolute Gasteiger partial charge is 0.265 e. The molecule has 0 aromatic carbocycles. The summed E-state index contributed by atoms with van der Waals surface area (Å²) in [5.41, 5.74) is 2.30. The molecule has 0 aliphatic carbocycles. The van der Waals surface area contributed by atoms with Gasteiger partial charge in [0.15, 0.2) is 0 Å². The minimum atomic E-state index is -0.395. The first kappa shape index (κ1) is 22.3. The second-order valence-electron chi connectivity index (χ2n) is 9.12. The molecule has 0 unspecified atom stereocenters. The van der Waals surface area contributed by atoms with Gasteiger partial charge in [-0.1, -0.05) is 0 Å². The normalized spacial score (nSPS) is 20.6. The van der Waals surface area contributed by atoms with Crippen molar-refractivity contribution in [2.45, 2.75) is 44.8 Å². The molecule has 0 spiro atoms. The van der Waals surface area contributed by atoms with Crippen LogP contribution in [0.15, 0.2) is 23.4 Å². The lowest BCUT2D eigenvalue weighted by molar-refractivity contribution is -0.132. The van der Waals surface area contributed by atoms with Crippen molar-refractivity contribution in [3.8, 4) is 11.9 Å². The number of H-pyrrole nitrogens is 1. The maximum atomic E-state index is 12.8. The summed E-state index contributed by atoms with van der Waals surface area (Å²) in [4.78, 5) is 40.0. The number of hydrogen-bond acceptors (Lipinski definition) is 8. The molecule has 34 heavy (non-hydrogen) atoms. The van der Waals surface area contributed by atoms with Gasteiger partial charge in [0.2, 0.25) is 11.8 Å². The molecule has 3 aliphatic rings. The lowest BCUT2D eigenvalue weighted by atomic mass is 9.96. The van der Waals surface area contributed by atoms with Gasteiger partial charge in [0.1, 0.15) is 24.1 Å². The Labute approximate surface area is 197 Å². The predicted molar refractivity (Wildman–Crippen MR) is 122 cm³/mol. The van der Waals surface area contributed by atoms with Crippen LogP contribution in [0.1, 0.15) is 42.5 Å². The highest BCUT2D eigenvalue weighted by molar-refractivity contribution is 5.76. The highest BCUT2D eigenvalue weighted by Crippen LogP contribution is 2.30. The van der Waals surface area contributed by atoms with Gasteiger partial charge < -0.3 is 24.3 Å². The number of carbonyl (C=O) groups is 1. The molecule has 5 rings (SSSR count). The van der Waals surface area contributed by atoms with E-state index in [1.807, 2.05) is 11.0 Å². The van der Waals surface area contributed by atoms with E-state index in [-0.39, 0.29) is 17.6 Å². The zero-order valence-corrected chi connectivity index (χ0v) is 19.0. The number of pyridine rings is 1. The van der Waals surface area contributed by atoms with E-state index in [4.69, 9.17) is 9.47 Å². The molecule has 0 saturated carbocycles. The van der Waals surface area contributed by atoms with Gasteiger partial charge in [-0.25, -0.2) is 9.97 Å². The van der Waals surface area contributed by atoms with E-state index in [0.29, 0.717) is 50.8 Å². The first-order chi connectivity index (χ1) is 16.6. The van der Waals surface area contributed by atoms with Crippen molar-refractivity contribution in [2.75, 3.05) is 37.7 Å². The number of nitrogens with zero attached hydrogens (tertiary/aromatic N) is 5. The minimum absolute atomic E-state index is 0.0838. The Bertz CT molecular complexity index is 1150. The van der Waals surface area contributed by atoms with E-state index in [1.54, 1.807) is 12.3 Å². The summed E-state index contributed by atoms with van der Waals surface area (Å²) < 4.78 is 11.7. The highest BCUT2D eigenvalue weighted by Gasteiger charge is 2.31. The van der Waals surface area contributed by atoms with Gasteiger partial charge in [-0.15, -0.1) is 0 Å². The number of amides is 1. The topological polar surface area (TPSA) is 124 Å². The molecule has 3 aliphatic heterocycles. The number of fused-ring (bicyclic) bond motifs is 1. The second-order valence-corrected chi connectivity index (χ2v) is 9.12. The molecule has 2 saturated heterocycles. The van der Waals surface area contributed by atoms with Gasteiger partial charge in [0.05, 0.1) is 30.0 Å². The summed E-state index contributed by atoms with van der Waals surface area (Å²) in [7, 11) is 0. The fraction of sp³-hybridized carbons (Fsp3) is 0.542. The third-order valence-electron chi connectivity index (χ3n) is 6.92. The average molecular weight is 465 g/mol. The van der Waals surface area contributed by atoms with E-state index < -0.39 is 5.56 Å². The summed E-state index contributed by atoms with van der Waals surface area (Å²) in [6.07, 6.45) is 7.01. The lowest BCUT2D eigenvalue weighted by Gasteiger charge is -2.31. The molecule has 10 nitrogen and oxygen atoms in total. The first-order valence-corrected chi connectivity index (χ1v) is 11.8. The largest absolute Gasteiger partial charge is 0.472 e. The summed E-state index contributed by atoms with van der Waals surface area (Å²) in [5.74, 6) is 1.15. The maximum Gasteiger partial charge on any atom is 0.265 e. The van der Waals surface area contributed by atoms with Crippen LogP contribution in [0.25, 0.3) is 0 Å². The molecule has 5 heterocycles. The standard InChI is InChI=1S/C24H28N6O4/c25-11-17-10-18(12-26-23(17)32)29-6-2-21-20(14-29)24(28-15-27-21)34-19-1-5-30(13-19)22(31)9-16-3-7-33-8-4-16/h10,12,15-16,19H,1-9,13-14H2,(H,26,32)/t19-/m0/s1. The zero-order chi connectivity index (χ0) is 23.5. The van der Waals surface area contributed by atoms with Crippen molar-refractivity contribution in [2.24, 2.45) is 5.92 Å². The number of carbonyl (C=O) groups excluding carboxylic acids is 1. The molecule has 0 bridgehead atoms. The third kappa shape index (κ3) is 4.75. The average Bonchev–Trinajstić information content (AvgIpc) is 3.34. The number of nitriles is 1. The molecule has 2 fully saturated rings. The molecule has 2 aromatic rings. The van der Waals surface area contributed by atoms with Crippen LogP contribution in [-0.4, -0.2) is 64.7 Å². The van der Waals surface area contributed by atoms with Crippen molar-refractivity contribution in [3.05, 3.63) is 45.8 Å². The van der Waals surface area contributed by atoms with Gasteiger partial charge in [-0.3, -0.25) is 9.59 Å². The molecule has 1 N–H and O–H groups in total. The monoisotopic (exact) mass is 464 g/mol. The number of likely N-dealkylation sites (tertiary alicyclic amines) is 1. The van der Waals surface area contributed by atoms with Crippen molar-refractivity contribution >= 4 is 11.6 Å². The number of ether oxygens (including phenoxy) is 2. The van der Waals surface area contributed by atoms with Crippen molar-refractivity contribution in [3.63, 3.8) is 0 Å². The SMILES string of the molecule is N#Cc1cc(N2CCc3ncnc(O[C@H]4CCN(C(=O)CC5CCOCC5)C4)c3C2)c[nH]c1=O. The van der Waals surface area contributed by atoms with Crippen LogP contribution in [0.2, 0.25) is 0 Å². The second kappa shape index (κ2) is 9.81. The number of aromatic nitrogens is 3. The molecule has 10 heteroatoms. The Hall–Kier alpha value is -3.45. The van der Waals surface area contributed by atoms with Crippen LogP contribution >= 0.6 is 0 Å². The van der Waals surface area contributed by atoms with E-state index in [9.17, 15) is 14.9 Å². The molecular weight excluding hydrogens is 436 g/mol. The van der Waals surface area contributed by atoms with E-state index >= 15 is 0 Å². The minimum Gasteiger partial charge on any atom is -0.472 e. The van der Waals surface area contributed by atoms with Gasteiger partial charge in [0.25, 0.3) is 5.56 Å².